The zero-order valence-electron chi connectivity index (χ0n) is 18.5. The number of hydrogen-bond donors (Lipinski definition) is 1. The molecule has 6 nitrogen and oxygen atoms in total. The lowest BCUT2D eigenvalue weighted by Crippen LogP contribution is -2.14. The number of aliphatic imine (C=N–C) groups is 1. The quantitative estimate of drug-likeness (QED) is 0.397. The number of hydrogen-bond acceptors (Lipinski definition) is 7. The number of amides is 1. The summed E-state index contributed by atoms with van der Waals surface area (Å²) in [6, 6.07) is 20.3. The number of benzene rings is 2. The number of rotatable bonds is 6. The van der Waals surface area contributed by atoms with Crippen molar-refractivity contribution >= 4 is 46.5 Å². The highest BCUT2D eigenvalue weighted by Crippen LogP contribution is 2.40. The smallest absolute Gasteiger partial charge is 0.344 e. The van der Waals surface area contributed by atoms with E-state index in [1.54, 1.807) is 31.2 Å². The van der Waals surface area contributed by atoms with Crippen LogP contribution in [0.1, 0.15) is 28.6 Å². The zero-order chi connectivity index (χ0) is 24.1. The van der Waals surface area contributed by atoms with E-state index in [0.717, 1.165) is 22.2 Å². The molecule has 1 aliphatic rings. The fourth-order valence-electron chi connectivity index (χ4n) is 3.05. The van der Waals surface area contributed by atoms with E-state index in [0.29, 0.717) is 21.3 Å². The third kappa shape index (κ3) is 5.52. The van der Waals surface area contributed by atoms with Crippen LogP contribution in [0.15, 0.2) is 102 Å². The summed E-state index contributed by atoms with van der Waals surface area (Å²) in [5, 5.41) is 11.6. The maximum atomic E-state index is 12.7. The maximum absolute atomic E-state index is 12.7. The van der Waals surface area contributed by atoms with Gasteiger partial charge in [-0.25, -0.2) is 9.79 Å². The van der Waals surface area contributed by atoms with Crippen molar-refractivity contribution in [2.24, 2.45) is 4.99 Å². The Bertz CT molecular complexity index is 1300. The van der Waals surface area contributed by atoms with Crippen LogP contribution in [0.5, 0.6) is 0 Å². The number of furan rings is 1. The number of aliphatic hydroxyl groups is 1. The predicted octanol–water partition coefficient (Wildman–Crippen LogP) is 6.44. The van der Waals surface area contributed by atoms with Crippen molar-refractivity contribution in [3.63, 3.8) is 0 Å². The zero-order valence-corrected chi connectivity index (χ0v) is 20.1. The topological polar surface area (TPSA) is 89.1 Å². The predicted molar refractivity (Wildman–Crippen MR) is 134 cm³/mol. The van der Waals surface area contributed by atoms with Gasteiger partial charge in [-0.1, -0.05) is 59.4 Å². The monoisotopic (exact) mass is 491 g/mol. The molecule has 3 aromatic rings. The summed E-state index contributed by atoms with van der Waals surface area (Å²) in [5.41, 5.74) is 1.26. The first-order chi connectivity index (χ1) is 16.4. The van der Waals surface area contributed by atoms with Crippen molar-refractivity contribution in [1.82, 2.24) is 0 Å². The molecule has 2 aromatic carbocycles. The first kappa shape index (κ1) is 23.7. The number of aliphatic hydroxyl groups excluding tert-OH is 1. The first-order valence-corrected chi connectivity index (χ1v) is 12.1. The Balaban J connectivity index is 1.62. The van der Waals surface area contributed by atoms with E-state index in [-0.39, 0.29) is 23.0 Å². The summed E-state index contributed by atoms with van der Waals surface area (Å²) in [7, 11) is 0. The molecule has 4 rings (SSSR count). The van der Waals surface area contributed by atoms with E-state index in [4.69, 9.17) is 9.15 Å². The summed E-state index contributed by atoms with van der Waals surface area (Å²) >= 11 is 2.48. The normalized spacial score (nSPS) is 15.8. The number of esters is 1. The van der Waals surface area contributed by atoms with Crippen LogP contribution in [0.4, 0.5) is 0 Å². The fraction of sp³-hybridized carbons (Fsp3) is 0.115. The van der Waals surface area contributed by atoms with Gasteiger partial charge in [0.25, 0.3) is 5.91 Å². The minimum atomic E-state index is -0.744. The number of carbonyl (C=O) groups excluding carboxylic acids is 2. The molecule has 34 heavy (non-hydrogen) atoms. The molecule has 0 unspecified atom stereocenters. The molecule has 8 heteroatoms. The van der Waals surface area contributed by atoms with E-state index < -0.39 is 11.9 Å². The lowest BCUT2D eigenvalue weighted by Gasteiger charge is -2.03. The second kappa shape index (κ2) is 10.6. The van der Waals surface area contributed by atoms with Crippen LogP contribution in [-0.4, -0.2) is 28.6 Å². The van der Waals surface area contributed by atoms with Gasteiger partial charge < -0.3 is 14.3 Å². The molecular weight excluding hydrogens is 470 g/mol. The summed E-state index contributed by atoms with van der Waals surface area (Å²) in [6.07, 6.45) is 1.60. The molecule has 1 aromatic heterocycles. The molecular formula is C26H21NO5S2. The van der Waals surface area contributed by atoms with Crippen molar-refractivity contribution in [3.8, 4) is 0 Å². The molecule has 1 N–H and O–H groups in total. The second-order valence-electron chi connectivity index (χ2n) is 7.21. The Hall–Kier alpha value is -3.49. The molecule has 0 atom stereocenters. The Labute approximate surface area is 205 Å². The van der Waals surface area contributed by atoms with Gasteiger partial charge in [0.1, 0.15) is 22.1 Å². The molecule has 2 heterocycles. The number of carbonyl (C=O) groups is 2. The maximum Gasteiger partial charge on any atom is 0.344 e. The molecule has 0 fully saturated rings. The summed E-state index contributed by atoms with van der Waals surface area (Å²) in [4.78, 5) is 30.7. The van der Waals surface area contributed by atoms with Crippen LogP contribution in [0.3, 0.4) is 0 Å². The molecule has 0 saturated carbocycles. The third-order valence-electron chi connectivity index (χ3n) is 4.71. The largest absolute Gasteiger partial charge is 0.506 e. The molecule has 1 aliphatic heterocycles. The first-order valence-electron chi connectivity index (χ1n) is 10.5. The van der Waals surface area contributed by atoms with Crippen molar-refractivity contribution in [3.05, 3.63) is 99.9 Å². The fourth-order valence-corrected chi connectivity index (χ4v) is 4.84. The summed E-state index contributed by atoms with van der Waals surface area (Å²) < 4.78 is 10.9. The Morgan fingerprint density at radius 1 is 1.09 bits per heavy atom. The number of thioether (sulfide) groups is 1. The SMILES string of the molecule is CCOC(=O)C1=C(O)/C(=C/c2ccc(Sc3ccccc3)o2)SC1=NC(=O)c1ccc(C)cc1. The average Bonchev–Trinajstić information content (AvgIpc) is 3.38. The number of ether oxygens (including phenoxy) is 1. The van der Waals surface area contributed by atoms with Crippen LogP contribution < -0.4 is 0 Å². The standard InChI is InChI=1S/C26H21NO5S2/c1-3-31-26(30)22-23(28)20(34-25(22)27-24(29)17-11-9-16(2)10-12-17)15-18-13-14-21(32-18)33-19-7-5-4-6-8-19/h4-15,28H,3H2,1-2H3/b20-15-,27-25?. The van der Waals surface area contributed by atoms with Crippen LogP contribution in [0.2, 0.25) is 0 Å². The van der Waals surface area contributed by atoms with Crippen molar-refractivity contribution in [1.29, 1.82) is 0 Å². The minimum absolute atomic E-state index is 0.0817. The third-order valence-corrected chi connectivity index (χ3v) is 6.66. The van der Waals surface area contributed by atoms with Crippen LogP contribution >= 0.6 is 23.5 Å². The van der Waals surface area contributed by atoms with Gasteiger partial charge >= 0.3 is 5.97 Å². The van der Waals surface area contributed by atoms with Crippen molar-refractivity contribution in [2.45, 2.75) is 23.8 Å². The number of aryl methyl sites for hydroxylation is 1. The van der Waals surface area contributed by atoms with Gasteiger partial charge in [-0.15, -0.1) is 0 Å². The number of nitrogens with zero attached hydrogens (tertiary/aromatic N) is 1. The minimum Gasteiger partial charge on any atom is -0.506 e. The van der Waals surface area contributed by atoms with Gasteiger partial charge in [0, 0.05) is 10.5 Å². The lowest BCUT2D eigenvalue weighted by atomic mass is 10.1. The average molecular weight is 492 g/mol. The molecule has 0 saturated heterocycles. The van der Waals surface area contributed by atoms with Gasteiger partial charge in [0.2, 0.25) is 0 Å². The molecule has 0 spiro atoms. The highest BCUT2D eigenvalue weighted by Gasteiger charge is 2.34. The highest BCUT2D eigenvalue weighted by atomic mass is 32.2. The molecule has 0 bridgehead atoms. The van der Waals surface area contributed by atoms with Gasteiger partial charge in [0.15, 0.2) is 5.09 Å². The summed E-state index contributed by atoms with van der Waals surface area (Å²) in [6.45, 7) is 3.70. The second-order valence-corrected chi connectivity index (χ2v) is 9.32. The molecule has 0 aliphatic carbocycles. The van der Waals surface area contributed by atoms with Crippen LogP contribution in [0, 0.1) is 6.92 Å². The van der Waals surface area contributed by atoms with E-state index in [2.05, 4.69) is 4.99 Å². The molecule has 172 valence electrons. The van der Waals surface area contributed by atoms with E-state index in [1.165, 1.54) is 11.8 Å². The highest BCUT2D eigenvalue weighted by molar-refractivity contribution is 8.18. The van der Waals surface area contributed by atoms with Gasteiger partial charge in [-0.3, -0.25) is 4.79 Å². The van der Waals surface area contributed by atoms with Crippen LogP contribution in [-0.2, 0) is 9.53 Å². The van der Waals surface area contributed by atoms with Gasteiger partial charge in [-0.05, 0) is 56.3 Å². The van der Waals surface area contributed by atoms with Gasteiger partial charge in [-0.2, -0.15) is 0 Å². The van der Waals surface area contributed by atoms with Gasteiger partial charge in [0.05, 0.1) is 11.5 Å². The molecule has 1 amide bonds. The van der Waals surface area contributed by atoms with E-state index >= 15 is 0 Å². The Morgan fingerprint density at radius 2 is 1.82 bits per heavy atom. The van der Waals surface area contributed by atoms with Crippen LogP contribution in [0.25, 0.3) is 6.08 Å². The lowest BCUT2D eigenvalue weighted by molar-refractivity contribution is -0.138. The molecule has 0 radical (unpaired) electrons. The Kier molecular flexibility index (Phi) is 7.40. The Morgan fingerprint density at radius 3 is 2.53 bits per heavy atom. The summed E-state index contributed by atoms with van der Waals surface area (Å²) in [5.74, 6) is -1.07. The van der Waals surface area contributed by atoms with E-state index in [1.807, 2.05) is 55.5 Å². The van der Waals surface area contributed by atoms with Crippen molar-refractivity contribution < 1.29 is 23.8 Å². The van der Waals surface area contributed by atoms with E-state index in [9.17, 15) is 14.7 Å². The van der Waals surface area contributed by atoms with Crippen molar-refractivity contribution in [2.75, 3.05) is 6.61 Å².